The number of benzene rings is 1. The maximum Gasteiger partial charge on any atom is 0.122 e. The largest absolute Gasteiger partial charge is 0.496 e. The topological polar surface area (TPSA) is 55.5 Å². The Morgan fingerprint density at radius 3 is 2.53 bits per heavy atom. The molecular weight excluding hydrogens is 214 g/mol. The highest BCUT2D eigenvalue weighted by Crippen LogP contribution is 2.31. The molecule has 0 fully saturated rings. The van der Waals surface area contributed by atoms with E-state index in [1.807, 2.05) is 19.1 Å². The highest BCUT2D eigenvalue weighted by atomic mass is 16.5. The van der Waals surface area contributed by atoms with Crippen LogP contribution in [0, 0.1) is 0 Å². The van der Waals surface area contributed by atoms with Crippen LogP contribution >= 0.6 is 0 Å². The van der Waals surface area contributed by atoms with E-state index in [4.69, 9.17) is 15.6 Å². The molecule has 0 saturated heterocycles. The van der Waals surface area contributed by atoms with Crippen molar-refractivity contribution >= 4 is 0 Å². The van der Waals surface area contributed by atoms with Crippen molar-refractivity contribution < 1.29 is 9.84 Å². The molecule has 96 valence electrons. The van der Waals surface area contributed by atoms with Gasteiger partial charge in [0.1, 0.15) is 5.75 Å². The minimum absolute atomic E-state index is 0.0933. The van der Waals surface area contributed by atoms with Gasteiger partial charge in [-0.25, -0.2) is 0 Å². The predicted octanol–water partition coefficient (Wildman–Crippen LogP) is 2.37. The Kier molecular flexibility index (Phi) is 4.54. The molecule has 1 unspecified atom stereocenters. The maximum absolute atomic E-state index is 9.04. The van der Waals surface area contributed by atoms with E-state index < -0.39 is 5.54 Å². The molecule has 0 spiro atoms. The van der Waals surface area contributed by atoms with Gasteiger partial charge in [-0.1, -0.05) is 26.0 Å². The molecule has 1 rings (SSSR count). The van der Waals surface area contributed by atoms with Gasteiger partial charge < -0.3 is 15.6 Å². The third-order valence-electron chi connectivity index (χ3n) is 3.14. The molecule has 1 atom stereocenters. The molecule has 0 aliphatic heterocycles. The average molecular weight is 237 g/mol. The first kappa shape index (κ1) is 14.0. The lowest BCUT2D eigenvalue weighted by molar-refractivity contribution is 0.247. The fourth-order valence-corrected chi connectivity index (χ4v) is 1.92. The first-order valence-corrected chi connectivity index (χ1v) is 6.00. The second kappa shape index (κ2) is 5.52. The van der Waals surface area contributed by atoms with Crippen molar-refractivity contribution in [2.24, 2.45) is 5.73 Å². The van der Waals surface area contributed by atoms with Gasteiger partial charge in [0.15, 0.2) is 0 Å². The highest BCUT2D eigenvalue weighted by Gasteiger charge is 2.22. The Morgan fingerprint density at radius 2 is 2.06 bits per heavy atom. The van der Waals surface area contributed by atoms with Crippen LogP contribution in [-0.2, 0) is 5.54 Å². The Labute approximate surface area is 104 Å². The van der Waals surface area contributed by atoms with E-state index in [2.05, 4.69) is 19.9 Å². The third kappa shape index (κ3) is 3.20. The molecule has 0 radical (unpaired) electrons. The average Bonchev–Trinajstić information content (AvgIpc) is 2.28. The smallest absolute Gasteiger partial charge is 0.122 e. The van der Waals surface area contributed by atoms with Gasteiger partial charge in [-0.05, 0) is 36.5 Å². The second-order valence-corrected chi connectivity index (χ2v) is 5.00. The summed E-state index contributed by atoms with van der Waals surface area (Å²) in [6.45, 7) is 6.29. The van der Waals surface area contributed by atoms with Crippen LogP contribution < -0.4 is 10.5 Å². The molecule has 1 aromatic carbocycles. The summed E-state index contributed by atoms with van der Waals surface area (Å²) in [6.07, 6.45) is 0.552. The van der Waals surface area contributed by atoms with Crippen LogP contribution in [0.2, 0.25) is 0 Å². The minimum atomic E-state index is -0.495. The van der Waals surface area contributed by atoms with Crippen molar-refractivity contribution in [3.8, 4) is 5.75 Å². The van der Waals surface area contributed by atoms with Crippen molar-refractivity contribution in [3.05, 3.63) is 29.3 Å². The third-order valence-corrected chi connectivity index (χ3v) is 3.14. The number of nitrogens with two attached hydrogens (primary N) is 1. The normalized spacial score (nSPS) is 14.8. The van der Waals surface area contributed by atoms with Crippen LogP contribution in [0.15, 0.2) is 18.2 Å². The highest BCUT2D eigenvalue weighted by molar-refractivity contribution is 5.41. The van der Waals surface area contributed by atoms with E-state index in [0.717, 1.165) is 16.9 Å². The van der Waals surface area contributed by atoms with Crippen molar-refractivity contribution in [2.75, 3.05) is 13.7 Å². The number of methoxy groups -OCH3 is 1. The van der Waals surface area contributed by atoms with Crippen molar-refractivity contribution in [2.45, 2.75) is 38.6 Å². The van der Waals surface area contributed by atoms with Gasteiger partial charge in [-0.3, -0.25) is 0 Å². The molecule has 0 aromatic heterocycles. The van der Waals surface area contributed by atoms with Crippen LogP contribution in [0.3, 0.4) is 0 Å². The summed E-state index contributed by atoms with van der Waals surface area (Å²) < 4.78 is 5.34. The molecule has 0 aliphatic rings. The zero-order valence-corrected chi connectivity index (χ0v) is 11.2. The molecule has 3 heteroatoms. The van der Waals surface area contributed by atoms with Gasteiger partial charge in [0, 0.05) is 12.1 Å². The zero-order chi connectivity index (χ0) is 13.1. The lowest BCUT2D eigenvalue weighted by atomic mass is 9.87. The van der Waals surface area contributed by atoms with Gasteiger partial charge in [0.25, 0.3) is 0 Å². The lowest BCUT2D eigenvalue weighted by Gasteiger charge is -2.26. The van der Waals surface area contributed by atoms with Gasteiger partial charge in [0.2, 0.25) is 0 Å². The lowest BCUT2D eigenvalue weighted by Crippen LogP contribution is -2.34. The van der Waals surface area contributed by atoms with E-state index >= 15 is 0 Å². The number of rotatable bonds is 5. The van der Waals surface area contributed by atoms with E-state index in [9.17, 15) is 0 Å². The summed E-state index contributed by atoms with van der Waals surface area (Å²) in [5, 5.41) is 9.04. The van der Waals surface area contributed by atoms with Gasteiger partial charge in [-0.2, -0.15) is 0 Å². The quantitative estimate of drug-likeness (QED) is 0.826. The van der Waals surface area contributed by atoms with Crippen LogP contribution in [-0.4, -0.2) is 18.8 Å². The Bertz CT molecular complexity index is 372. The summed E-state index contributed by atoms with van der Waals surface area (Å²) in [5.74, 6) is 1.28. The number of ether oxygens (including phenoxy) is 1. The van der Waals surface area contributed by atoms with Gasteiger partial charge in [0.05, 0.1) is 7.11 Å². The predicted molar refractivity (Wildman–Crippen MR) is 70.3 cm³/mol. The number of aliphatic hydroxyl groups is 1. The molecule has 0 bridgehead atoms. The van der Waals surface area contributed by atoms with Crippen molar-refractivity contribution in [3.63, 3.8) is 0 Å². The molecule has 3 nitrogen and oxygen atoms in total. The van der Waals surface area contributed by atoms with Crippen LogP contribution in [0.4, 0.5) is 0 Å². The molecule has 3 N–H and O–H groups in total. The van der Waals surface area contributed by atoms with Gasteiger partial charge in [-0.15, -0.1) is 0 Å². The fraction of sp³-hybridized carbons (Fsp3) is 0.571. The maximum atomic E-state index is 9.04. The molecule has 17 heavy (non-hydrogen) atoms. The number of hydrogen-bond donors (Lipinski definition) is 2. The van der Waals surface area contributed by atoms with E-state index in [0.29, 0.717) is 12.3 Å². The second-order valence-electron chi connectivity index (χ2n) is 5.00. The van der Waals surface area contributed by atoms with Crippen molar-refractivity contribution in [1.29, 1.82) is 0 Å². The fourth-order valence-electron chi connectivity index (χ4n) is 1.92. The molecule has 0 amide bonds. The SMILES string of the molecule is COc1ccc(C(C)(N)CCO)cc1C(C)C. The summed E-state index contributed by atoms with van der Waals surface area (Å²) in [5.41, 5.74) is 7.90. The molecule has 0 saturated carbocycles. The summed E-state index contributed by atoms with van der Waals surface area (Å²) in [6, 6.07) is 6.01. The van der Waals surface area contributed by atoms with E-state index in [-0.39, 0.29) is 6.61 Å². The minimum Gasteiger partial charge on any atom is -0.496 e. The number of hydrogen-bond acceptors (Lipinski definition) is 3. The monoisotopic (exact) mass is 237 g/mol. The summed E-state index contributed by atoms with van der Waals surface area (Å²) in [7, 11) is 1.68. The first-order chi connectivity index (χ1) is 7.92. The molecule has 0 aliphatic carbocycles. The zero-order valence-electron chi connectivity index (χ0n) is 11.2. The Balaban J connectivity index is 3.16. The van der Waals surface area contributed by atoms with E-state index in [1.54, 1.807) is 7.11 Å². The number of aliphatic hydroxyl groups excluding tert-OH is 1. The van der Waals surface area contributed by atoms with Crippen LogP contribution in [0.25, 0.3) is 0 Å². The van der Waals surface area contributed by atoms with Crippen LogP contribution in [0.1, 0.15) is 44.2 Å². The molecule has 1 aromatic rings. The summed E-state index contributed by atoms with van der Waals surface area (Å²) >= 11 is 0. The standard InChI is InChI=1S/C14H23NO2/c1-10(2)12-9-11(5-6-13(12)17-4)14(3,15)7-8-16/h5-6,9-10,16H,7-8,15H2,1-4H3. The van der Waals surface area contributed by atoms with E-state index in [1.165, 1.54) is 0 Å². The van der Waals surface area contributed by atoms with Crippen LogP contribution in [0.5, 0.6) is 5.75 Å². The Hall–Kier alpha value is -1.06. The summed E-state index contributed by atoms with van der Waals surface area (Å²) in [4.78, 5) is 0. The van der Waals surface area contributed by atoms with Crippen molar-refractivity contribution in [1.82, 2.24) is 0 Å². The molecular formula is C14H23NO2. The van der Waals surface area contributed by atoms with Gasteiger partial charge >= 0.3 is 0 Å². The first-order valence-electron chi connectivity index (χ1n) is 6.00. The Morgan fingerprint density at radius 1 is 1.41 bits per heavy atom. The molecule has 0 heterocycles.